The molecular formula is C19H25N3O. The predicted octanol–water partition coefficient (Wildman–Crippen LogP) is 2.52. The summed E-state index contributed by atoms with van der Waals surface area (Å²) in [5.41, 5.74) is 8.64. The van der Waals surface area contributed by atoms with Crippen molar-refractivity contribution in [1.82, 2.24) is 4.90 Å². The van der Waals surface area contributed by atoms with E-state index in [0.717, 1.165) is 31.9 Å². The molecule has 0 radical (unpaired) electrons. The second-order valence-corrected chi connectivity index (χ2v) is 5.88. The number of para-hydroxylation sites is 1. The van der Waals surface area contributed by atoms with Gasteiger partial charge in [0.05, 0.1) is 7.11 Å². The van der Waals surface area contributed by atoms with Crippen molar-refractivity contribution in [1.29, 1.82) is 0 Å². The summed E-state index contributed by atoms with van der Waals surface area (Å²) in [6, 6.07) is 19.2. The van der Waals surface area contributed by atoms with Gasteiger partial charge in [-0.3, -0.25) is 4.90 Å². The Hall–Kier alpha value is -2.04. The lowest BCUT2D eigenvalue weighted by molar-refractivity contribution is 0.190. The fourth-order valence-corrected chi connectivity index (χ4v) is 3.25. The molecule has 1 unspecified atom stereocenters. The number of methoxy groups -OCH3 is 1. The number of piperazine rings is 1. The smallest absolute Gasteiger partial charge is 0.118 e. The summed E-state index contributed by atoms with van der Waals surface area (Å²) >= 11 is 0. The first-order chi connectivity index (χ1) is 11.3. The highest BCUT2D eigenvalue weighted by Crippen LogP contribution is 2.25. The van der Waals surface area contributed by atoms with Gasteiger partial charge >= 0.3 is 0 Å². The number of hydrogen-bond donors (Lipinski definition) is 1. The molecule has 2 aromatic rings. The normalized spacial score (nSPS) is 17.0. The summed E-state index contributed by atoms with van der Waals surface area (Å²) in [5, 5.41) is 0. The number of nitrogens with zero attached hydrogens (tertiary/aromatic N) is 2. The monoisotopic (exact) mass is 311 g/mol. The zero-order valence-corrected chi connectivity index (χ0v) is 13.7. The maximum Gasteiger partial charge on any atom is 0.118 e. The van der Waals surface area contributed by atoms with Crippen LogP contribution >= 0.6 is 0 Å². The van der Waals surface area contributed by atoms with Crippen LogP contribution in [-0.2, 0) is 0 Å². The molecule has 4 heteroatoms. The minimum atomic E-state index is 0.277. The van der Waals surface area contributed by atoms with Gasteiger partial charge in [0.25, 0.3) is 0 Å². The minimum absolute atomic E-state index is 0.277. The molecule has 1 fully saturated rings. The lowest BCUT2D eigenvalue weighted by Crippen LogP contribution is -2.49. The lowest BCUT2D eigenvalue weighted by Gasteiger charge is -2.40. The maximum absolute atomic E-state index is 6.07. The van der Waals surface area contributed by atoms with Crippen LogP contribution in [0.1, 0.15) is 11.6 Å². The van der Waals surface area contributed by atoms with Crippen LogP contribution < -0.4 is 15.4 Å². The van der Waals surface area contributed by atoms with Crippen molar-refractivity contribution < 1.29 is 4.74 Å². The molecule has 2 aromatic carbocycles. The third kappa shape index (κ3) is 3.66. The highest BCUT2D eigenvalue weighted by Gasteiger charge is 2.24. The van der Waals surface area contributed by atoms with Gasteiger partial charge in [0, 0.05) is 44.5 Å². The average Bonchev–Trinajstić information content (AvgIpc) is 2.64. The molecule has 1 saturated heterocycles. The van der Waals surface area contributed by atoms with Crippen LogP contribution in [0.3, 0.4) is 0 Å². The summed E-state index contributed by atoms with van der Waals surface area (Å²) in [6.45, 7) is 4.77. The van der Waals surface area contributed by atoms with Crippen LogP contribution in [0.15, 0.2) is 54.6 Å². The van der Waals surface area contributed by atoms with Gasteiger partial charge in [-0.05, 0) is 29.8 Å². The maximum atomic E-state index is 6.07. The van der Waals surface area contributed by atoms with Crippen molar-refractivity contribution in [3.05, 3.63) is 60.2 Å². The molecule has 1 atom stereocenters. The molecular weight excluding hydrogens is 286 g/mol. The summed E-state index contributed by atoms with van der Waals surface area (Å²) in [6.07, 6.45) is 0. The largest absolute Gasteiger partial charge is 0.497 e. The zero-order valence-electron chi connectivity index (χ0n) is 13.7. The second kappa shape index (κ2) is 7.49. The van der Waals surface area contributed by atoms with Crippen molar-refractivity contribution >= 4 is 5.69 Å². The van der Waals surface area contributed by atoms with Crippen LogP contribution in [0.2, 0.25) is 0 Å². The third-order valence-electron chi connectivity index (χ3n) is 4.60. The fraction of sp³-hybridized carbons (Fsp3) is 0.368. The number of hydrogen-bond acceptors (Lipinski definition) is 4. The minimum Gasteiger partial charge on any atom is -0.497 e. The quantitative estimate of drug-likeness (QED) is 0.921. The van der Waals surface area contributed by atoms with E-state index in [9.17, 15) is 0 Å². The molecule has 1 heterocycles. The van der Waals surface area contributed by atoms with Gasteiger partial charge in [0.2, 0.25) is 0 Å². The number of anilines is 1. The first-order valence-electron chi connectivity index (χ1n) is 8.20. The van der Waals surface area contributed by atoms with E-state index in [0.29, 0.717) is 6.54 Å². The van der Waals surface area contributed by atoms with Gasteiger partial charge in [-0.15, -0.1) is 0 Å². The number of nitrogens with two attached hydrogens (primary N) is 1. The van der Waals surface area contributed by atoms with Crippen molar-refractivity contribution in [2.75, 3.05) is 44.7 Å². The van der Waals surface area contributed by atoms with Crippen molar-refractivity contribution in [2.45, 2.75) is 6.04 Å². The Morgan fingerprint density at radius 2 is 1.61 bits per heavy atom. The van der Waals surface area contributed by atoms with Crippen LogP contribution in [0.25, 0.3) is 0 Å². The van der Waals surface area contributed by atoms with Crippen LogP contribution in [0, 0.1) is 0 Å². The van der Waals surface area contributed by atoms with E-state index in [2.05, 4.69) is 52.3 Å². The van der Waals surface area contributed by atoms with E-state index in [4.69, 9.17) is 10.5 Å². The summed E-state index contributed by atoms with van der Waals surface area (Å²) < 4.78 is 5.24. The predicted molar refractivity (Wildman–Crippen MR) is 95.0 cm³/mol. The standard InChI is InChI=1S/C19H25N3O/c1-23-18-9-7-16(8-10-18)19(15-20)22-13-11-21(12-14-22)17-5-3-2-4-6-17/h2-10,19H,11-15,20H2,1H3. The summed E-state index contributed by atoms with van der Waals surface area (Å²) in [7, 11) is 1.69. The van der Waals surface area contributed by atoms with Gasteiger partial charge in [0.15, 0.2) is 0 Å². The van der Waals surface area contributed by atoms with Crippen molar-refractivity contribution in [2.24, 2.45) is 5.73 Å². The molecule has 2 N–H and O–H groups in total. The van der Waals surface area contributed by atoms with E-state index >= 15 is 0 Å². The fourth-order valence-electron chi connectivity index (χ4n) is 3.25. The SMILES string of the molecule is COc1ccc(C(CN)N2CCN(c3ccccc3)CC2)cc1. The third-order valence-corrected chi connectivity index (χ3v) is 4.60. The molecule has 0 bridgehead atoms. The molecule has 122 valence electrons. The molecule has 0 saturated carbocycles. The molecule has 4 nitrogen and oxygen atoms in total. The zero-order chi connectivity index (χ0) is 16.1. The lowest BCUT2D eigenvalue weighted by atomic mass is 10.0. The van der Waals surface area contributed by atoms with E-state index in [1.165, 1.54) is 11.3 Å². The first-order valence-corrected chi connectivity index (χ1v) is 8.20. The number of ether oxygens (including phenoxy) is 1. The van der Waals surface area contributed by atoms with Crippen LogP contribution in [-0.4, -0.2) is 44.7 Å². The Labute approximate surface area is 138 Å². The van der Waals surface area contributed by atoms with E-state index < -0.39 is 0 Å². The average molecular weight is 311 g/mol. The number of rotatable bonds is 5. The molecule has 1 aliphatic rings. The van der Waals surface area contributed by atoms with Crippen LogP contribution in [0.5, 0.6) is 5.75 Å². The van der Waals surface area contributed by atoms with Crippen molar-refractivity contribution in [3.8, 4) is 5.75 Å². The van der Waals surface area contributed by atoms with E-state index in [1.807, 2.05) is 12.1 Å². The van der Waals surface area contributed by atoms with Gasteiger partial charge in [-0.25, -0.2) is 0 Å². The van der Waals surface area contributed by atoms with Gasteiger partial charge in [-0.1, -0.05) is 30.3 Å². The summed E-state index contributed by atoms with van der Waals surface area (Å²) in [5.74, 6) is 0.887. The first kappa shape index (κ1) is 15.8. The second-order valence-electron chi connectivity index (χ2n) is 5.88. The Balaban J connectivity index is 1.65. The van der Waals surface area contributed by atoms with Gasteiger partial charge < -0.3 is 15.4 Å². The van der Waals surface area contributed by atoms with Gasteiger partial charge in [-0.2, -0.15) is 0 Å². The number of benzene rings is 2. The summed E-state index contributed by atoms with van der Waals surface area (Å²) in [4.78, 5) is 4.93. The highest BCUT2D eigenvalue weighted by molar-refractivity contribution is 5.46. The molecule has 1 aliphatic heterocycles. The topological polar surface area (TPSA) is 41.7 Å². The molecule has 0 aromatic heterocycles. The Bertz CT molecular complexity index is 592. The molecule has 3 rings (SSSR count). The van der Waals surface area contributed by atoms with Gasteiger partial charge in [0.1, 0.15) is 5.75 Å². The van der Waals surface area contributed by atoms with Crippen molar-refractivity contribution in [3.63, 3.8) is 0 Å². The molecule has 23 heavy (non-hydrogen) atoms. The Morgan fingerprint density at radius 3 is 2.17 bits per heavy atom. The molecule has 0 amide bonds. The van der Waals surface area contributed by atoms with Crippen LogP contribution in [0.4, 0.5) is 5.69 Å². The Morgan fingerprint density at radius 1 is 0.957 bits per heavy atom. The molecule has 0 aliphatic carbocycles. The van der Waals surface area contributed by atoms with E-state index in [-0.39, 0.29) is 6.04 Å². The van der Waals surface area contributed by atoms with E-state index in [1.54, 1.807) is 7.11 Å². The Kier molecular flexibility index (Phi) is 5.16. The highest BCUT2D eigenvalue weighted by atomic mass is 16.5. The molecule has 0 spiro atoms.